The molecule has 108 valence electrons. The molecule has 3 rings (SSSR count). The van der Waals surface area contributed by atoms with Crippen molar-refractivity contribution in [2.45, 2.75) is 20.4 Å². The molecule has 0 N–H and O–H groups in total. The summed E-state index contributed by atoms with van der Waals surface area (Å²) in [5.74, 6) is -0.225. The molecule has 2 nitrogen and oxygen atoms in total. The van der Waals surface area contributed by atoms with Gasteiger partial charge in [-0.2, -0.15) is 0 Å². The molecule has 0 amide bonds. The smallest absolute Gasteiger partial charge is 0.150 e. The van der Waals surface area contributed by atoms with Crippen LogP contribution in [-0.2, 0) is 6.54 Å². The van der Waals surface area contributed by atoms with Crippen LogP contribution in [0, 0.1) is 5.82 Å². The first kappa shape index (κ1) is 15.0. The average Bonchev–Trinajstić information content (AvgIpc) is 2.93. The van der Waals surface area contributed by atoms with Crippen molar-refractivity contribution in [2.75, 3.05) is 0 Å². The normalized spacial score (nSPS) is 10.0. The number of hydrogen-bond donors (Lipinski definition) is 0. The quantitative estimate of drug-likeness (QED) is 0.640. The van der Waals surface area contributed by atoms with Crippen LogP contribution in [-0.4, -0.2) is 10.9 Å². The van der Waals surface area contributed by atoms with Crippen LogP contribution in [0.5, 0.6) is 0 Å². The zero-order chi connectivity index (χ0) is 15.2. The van der Waals surface area contributed by atoms with Gasteiger partial charge in [-0.05, 0) is 42.0 Å². The van der Waals surface area contributed by atoms with Crippen molar-refractivity contribution in [1.82, 2.24) is 4.57 Å². The van der Waals surface area contributed by atoms with Crippen LogP contribution in [0.4, 0.5) is 4.39 Å². The van der Waals surface area contributed by atoms with Crippen molar-refractivity contribution in [1.29, 1.82) is 0 Å². The molecule has 3 heteroatoms. The molecule has 1 heterocycles. The van der Waals surface area contributed by atoms with Crippen LogP contribution in [0.3, 0.4) is 0 Å². The Hall–Kier alpha value is -2.42. The predicted octanol–water partition coefficient (Wildman–Crippen LogP) is 4.67. The van der Waals surface area contributed by atoms with Crippen molar-refractivity contribution < 1.29 is 9.18 Å². The fourth-order valence-corrected chi connectivity index (χ4v) is 2.22. The first-order chi connectivity index (χ1) is 10.3. The van der Waals surface area contributed by atoms with Gasteiger partial charge in [0, 0.05) is 29.2 Å². The third kappa shape index (κ3) is 3.37. The molecule has 0 radical (unpaired) electrons. The predicted molar refractivity (Wildman–Crippen MR) is 84.2 cm³/mol. The van der Waals surface area contributed by atoms with E-state index in [9.17, 15) is 9.18 Å². The van der Waals surface area contributed by atoms with Gasteiger partial charge in [-0.25, -0.2) is 4.39 Å². The monoisotopic (exact) mass is 283 g/mol. The van der Waals surface area contributed by atoms with Crippen LogP contribution in [0.15, 0.2) is 54.7 Å². The minimum atomic E-state index is -0.225. The van der Waals surface area contributed by atoms with E-state index in [1.807, 2.05) is 38.2 Å². The second-order valence-corrected chi connectivity index (χ2v) is 4.51. The molecule has 0 saturated carbocycles. The van der Waals surface area contributed by atoms with Gasteiger partial charge in [0.2, 0.25) is 0 Å². The summed E-state index contributed by atoms with van der Waals surface area (Å²) in [4.78, 5) is 10.7. The molecular weight excluding hydrogens is 265 g/mol. The van der Waals surface area contributed by atoms with Gasteiger partial charge in [-0.1, -0.05) is 26.0 Å². The summed E-state index contributed by atoms with van der Waals surface area (Å²) in [6, 6.07) is 14.1. The number of carbonyl (C=O) groups excluding carboxylic acids is 1. The molecule has 0 unspecified atom stereocenters. The summed E-state index contributed by atoms with van der Waals surface area (Å²) in [5.41, 5.74) is 2.78. The van der Waals surface area contributed by atoms with Gasteiger partial charge in [-0.3, -0.25) is 4.79 Å². The summed E-state index contributed by atoms with van der Waals surface area (Å²) >= 11 is 0. The molecule has 0 saturated heterocycles. The molecule has 3 aromatic rings. The van der Waals surface area contributed by atoms with Gasteiger partial charge in [0.05, 0.1) is 0 Å². The Bertz CT molecular complexity index is 729. The number of hydrogen-bond acceptors (Lipinski definition) is 1. The van der Waals surface area contributed by atoms with Crippen LogP contribution in [0.1, 0.15) is 29.8 Å². The number of rotatable bonds is 3. The number of nitrogens with zero attached hydrogens (tertiary/aromatic N) is 1. The highest BCUT2D eigenvalue weighted by Crippen LogP contribution is 2.18. The summed E-state index contributed by atoms with van der Waals surface area (Å²) in [6.07, 6.45) is 2.82. The Morgan fingerprint density at radius 3 is 2.43 bits per heavy atom. The van der Waals surface area contributed by atoms with Gasteiger partial charge in [0.15, 0.2) is 0 Å². The second kappa shape index (κ2) is 6.84. The van der Waals surface area contributed by atoms with Gasteiger partial charge in [0.1, 0.15) is 12.1 Å². The Labute approximate surface area is 123 Å². The average molecular weight is 283 g/mol. The maximum atomic E-state index is 12.9. The Kier molecular flexibility index (Phi) is 4.88. The highest BCUT2D eigenvalue weighted by atomic mass is 19.1. The van der Waals surface area contributed by atoms with Crippen molar-refractivity contribution in [3.8, 4) is 0 Å². The highest BCUT2D eigenvalue weighted by Gasteiger charge is 2.03. The van der Waals surface area contributed by atoms with Crippen molar-refractivity contribution in [2.24, 2.45) is 0 Å². The Morgan fingerprint density at radius 1 is 1.05 bits per heavy atom. The van der Waals surface area contributed by atoms with E-state index in [-0.39, 0.29) is 5.82 Å². The minimum Gasteiger partial charge on any atom is -0.343 e. The molecule has 0 aliphatic carbocycles. The first-order valence-corrected chi connectivity index (χ1v) is 7.05. The second-order valence-electron chi connectivity index (χ2n) is 4.51. The van der Waals surface area contributed by atoms with E-state index in [1.54, 1.807) is 18.2 Å². The van der Waals surface area contributed by atoms with Gasteiger partial charge < -0.3 is 4.57 Å². The van der Waals surface area contributed by atoms with Crippen LogP contribution < -0.4 is 0 Å². The first-order valence-electron chi connectivity index (χ1n) is 7.05. The largest absolute Gasteiger partial charge is 0.343 e. The molecule has 2 aromatic carbocycles. The van der Waals surface area contributed by atoms with E-state index in [2.05, 4.69) is 4.57 Å². The van der Waals surface area contributed by atoms with Crippen molar-refractivity contribution in [3.05, 3.63) is 71.7 Å². The number of aromatic nitrogens is 1. The van der Waals surface area contributed by atoms with Crippen LogP contribution in [0.25, 0.3) is 10.9 Å². The lowest BCUT2D eigenvalue weighted by molar-refractivity contribution is 0.112. The van der Waals surface area contributed by atoms with Crippen molar-refractivity contribution >= 4 is 17.2 Å². The maximum Gasteiger partial charge on any atom is 0.150 e. The lowest BCUT2D eigenvalue weighted by Gasteiger charge is -2.06. The van der Waals surface area contributed by atoms with Gasteiger partial charge in [-0.15, -0.1) is 0 Å². The van der Waals surface area contributed by atoms with Gasteiger partial charge >= 0.3 is 0 Å². The summed E-state index contributed by atoms with van der Waals surface area (Å²) in [6.45, 7) is 4.68. The van der Waals surface area contributed by atoms with Crippen LogP contribution >= 0.6 is 0 Å². The molecule has 0 aliphatic heterocycles. The van der Waals surface area contributed by atoms with E-state index in [0.717, 1.165) is 22.8 Å². The molecule has 1 aromatic heterocycles. The molecule has 0 fully saturated rings. The Morgan fingerprint density at radius 2 is 1.76 bits per heavy atom. The van der Waals surface area contributed by atoms with E-state index in [0.29, 0.717) is 12.1 Å². The zero-order valence-corrected chi connectivity index (χ0v) is 12.2. The number of fused-ring (bicyclic) bond motifs is 1. The van der Waals surface area contributed by atoms with Crippen molar-refractivity contribution in [3.63, 3.8) is 0 Å². The minimum absolute atomic E-state index is 0.225. The van der Waals surface area contributed by atoms with Crippen LogP contribution in [0.2, 0.25) is 0 Å². The lowest BCUT2D eigenvalue weighted by atomic mass is 10.2. The van der Waals surface area contributed by atoms with E-state index >= 15 is 0 Å². The third-order valence-electron chi connectivity index (χ3n) is 3.20. The van der Waals surface area contributed by atoms with Gasteiger partial charge in [0.25, 0.3) is 0 Å². The SMILES string of the molecule is CC.O=Cc1ccc2c(ccn2Cc2ccc(F)cc2)c1. The number of benzene rings is 2. The third-order valence-corrected chi connectivity index (χ3v) is 3.20. The topological polar surface area (TPSA) is 22.0 Å². The standard InChI is InChI=1S/C16H12FNO.C2H6/c17-15-4-1-12(2-5-15)10-18-8-7-14-9-13(11-19)3-6-16(14)18;1-2/h1-9,11H,10H2;1-2H3. The number of carbonyl (C=O) groups is 1. The summed E-state index contributed by atoms with van der Waals surface area (Å²) < 4.78 is 14.9. The molecule has 0 atom stereocenters. The van der Waals surface area contributed by atoms with E-state index in [1.165, 1.54) is 12.1 Å². The molecule has 0 spiro atoms. The number of aldehydes is 1. The van der Waals surface area contributed by atoms with E-state index in [4.69, 9.17) is 0 Å². The molecule has 0 aliphatic rings. The summed E-state index contributed by atoms with van der Waals surface area (Å²) in [5, 5.41) is 1.03. The Balaban J connectivity index is 0.000000774. The molecule has 0 bridgehead atoms. The zero-order valence-electron chi connectivity index (χ0n) is 12.2. The fourth-order valence-electron chi connectivity index (χ4n) is 2.22. The maximum absolute atomic E-state index is 12.9. The lowest BCUT2D eigenvalue weighted by Crippen LogP contribution is -1.97. The fraction of sp³-hybridized carbons (Fsp3) is 0.167. The molecule has 21 heavy (non-hydrogen) atoms. The van der Waals surface area contributed by atoms with E-state index < -0.39 is 0 Å². The summed E-state index contributed by atoms with van der Waals surface area (Å²) in [7, 11) is 0. The highest BCUT2D eigenvalue weighted by molar-refractivity contribution is 5.87. The molecular formula is C18H18FNO. The number of halogens is 1.